The van der Waals surface area contributed by atoms with E-state index in [2.05, 4.69) is 27.7 Å². The van der Waals surface area contributed by atoms with Gasteiger partial charge in [0.1, 0.15) is 0 Å². The monoisotopic (exact) mass is 260 g/mol. The van der Waals surface area contributed by atoms with Crippen LogP contribution in [0, 0.1) is 10.8 Å². The lowest BCUT2D eigenvalue weighted by molar-refractivity contribution is -0.0689. The van der Waals surface area contributed by atoms with Gasteiger partial charge in [0.15, 0.2) is 0 Å². The van der Waals surface area contributed by atoms with Crippen LogP contribution in [0.1, 0.15) is 27.7 Å². The zero-order chi connectivity index (χ0) is 13.5. The van der Waals surface area contributed by atoms with Crippen LogP contribution < -0.4 is 0 Å². The van der Waals surface area contributed by atoms with Gasteiger partial charge in [0, 0.05) is 10.8 Å². The molecule has 1 fully saturated rings. The Bertz CT molecular complexity index is 204. The van der Waals surface area contributed by atoms with Crippen molar-refractivity contribution < 1.29 is 18.9 Å². The van der Waals surface area contributed by atoms with Gasteiger partial charge < -0.3 is 18.9 Å². The van der Waals surface area contributed by atoms with Crippen LogP contribution in [0.25, 0.3) is 0 Å². The predicted octanol–water partition coefficient (Wildman–Crippen LogP) is 2.12. The summed E-state index contributed by atoms with van der Waals surface area (Å²) in [6.07, 6.45) is 0. The van der Waals surface area contributed by atoms with Crippen molar-refractivity contribution in [2.45, 2.75) is 27.7 Å². The lowest BCUT2D eigenvalue weighted by Gasteiger charge is -2.29. The number of hydrogen-bond donors (Lipinski definition) is 0. The molecule has 0 spiro atoms. The normalized spacial score (nSPS) is 27.3. The maximum absolute atomic E-state index is 5.82. The number of hydrogen-bond acceptors (Lipinski definition) is 4. The minimum atomic E-state index is 0.0427. The Morgan fingerprint density at radius 3 is 1.28 bits per heavy atom. The molecular weight excluding hydrogens is 232 g/mol. The minimum Gasteiger partial charge on any atom is -0.380 e. The Morgan fingerprint density at radius 2 is 0.833 bits per heavy atom. The molecule has 1 saturated heterocycles. The molecule has 1 rings (SSSR count). The summed E-state index contributed by atoms with van der Waals surface area (Å²) in [6, 6.07) is 0. The van der Waals surface area contributed by atoms with Crippen molar-refractivity contribution in [3.63, 3.8) is 0 Å². The van der Waals surface area contributed by atoms with E-state index in [4.69, 9.17) is 18.9 Å². The summed E-state index contributed by atoms with van der Waals surface area (Å²) in [4.78, 5) is 0. The van der Waals surface area contributed by atoms with Gasteiger partial charge in [-0.3, -0.25) is 0 Å². The fraction of sp³-hybridized carbons (Fsp3) is 1.00. The average Bonchev–Trinajstić information content (AvgIpc) is 2.25. The van der Waals surface area contributed by atoms with Crippen LogP contribution >= 0.6 is 0 Å². The lowest BCUT2D eigenvalue weighted by atomic mass is 9.94. The number of ether oxygens (including phenoxy) is 4. The van der Waals surface area contributed by atoms with E-state index >= 15 is 0 Å². The second kappa shape index (κ2) is 7.43. The predicted molar refractivity (Wildman–Crippen MR) is 70.8 cm³/mol. The lowest BCUT2D eigenvalue weighted by Crippen LogP contribution is -2.32. The van der Waals surface area contributed by atoms with Crippen molar-refractivity contribution in [3.8, 4) is 0 Å². The standard InChI is InChI=1S/C14H28O4/c1-13(2)9-16-7-5-15-6-8-17-10-14(3,4)12-18-11-13/h5-12H2,1-4H3. The second-order valence-corrected chi connectivity index (χ2v) is 6.54. The third kappa shape index (κ3) is 7.31. The Kier molecular flexibility index (Phi) is 6.57. The molecule has 1 aliphatic heterocycles. The van der Waals surface area contributed by atoms with Crippen LogP contribution in [0.15, 0.2) is 0 Å². The number of rotatable bonds is 0. The first kappa shape index (κ1) is 15.9. The van der Waals surface area contributed by atoms with Crippen LogP contribution in [-0.4, -0.2) is 52.9 Å². The van der Waals surface area contributed by atoms with E-state index in [1.807, 2.05) is 0 Å². The zero-order valence-electron chi connectivity index (χ0n) is 12.3. The molecule has 0 saturated carbocycles. The molecule has 0 atom stereocenters. The Balaban J connectivity index is 2.42. The third-order valence-corrected chi connectivity index (χ3v) is 2.72. The van der Waals surface area contributed by atoms with Crippen molar-refractivity contribution in [3.05, 3.63) is 0 Å². The van der Waals surface area contributed by atoms with Crippen LogP contribution in [0.3, 0.4) is 0 Å². The Morgan fingerprint density at radius 1 is 0.500 bits per heavy atom. The summed E-state index contributed by atoms with van der Waals surface area (Å²) in [5.74, 6) is 0. The highest BCUT2D eigenvalue weighted by Crippen LogP contribution is 2.20. The van der Waals surface area contributed by atoms with Crippen molar-refractivity contribution in [1.82, 2.24) is 0 Å². The van der Waals surface area contributed by atoms with E-state index in [1.165, 1.54) is 0 Å². The fourth-order valence-electron chi connectivity index (χ4n) is 1.72. The highest BCUT2D eigenvalue weighted by Gasteiger charge is 2.23. The maximum Gasteiger partial charge on any atom is 0.0701 e. The van der Waals surface area contributed by atoms with Gasteiger partial charge in [0.2, 0.25) is 0 Å². The first-order valence-electron chi connectivity index (χ1n) is 6.72. The third-order valence-electron chi connectivity index (χ3n) is 2.72. The van der Waals surface area contributed by atoms with Crippen LogP contribution in [-0.2, 0) is 18.9 Å². The molecule has 0 N–H and O–H groups in total. The van der Waals surface area contributed by atoms with Gasteiger partial charge >= 0.3 is 0 Å². The van der Waals surface area contributed by atoms with Gasteiger partial charge in [-0.2, -0.15) is 0 Å². The molecule has 0 radical (unpaired) electrons. The Labute approximate surface area is 111 Å². The van der Waals surface area contributed by atoms with Gasteiger partial charge in [-0.15, -0.1) is 0 Å². The molecule has 18 heavy (non-hydrogen) atoms. The highest BCUT2D eigenvalue weighted by molar-refractivity contribution is 4.71. The summed E-state index contributed by atoms with van der Waals surface area (Å²) < 4.78 is 22.5. The molecule has 108 valence electrons. The quantitative estimate of drug-likeness (QED) is 0.668. The molecule has 0 aromatic rings. The van der Waals surface area contributed by atoms with Gasteiger partial charge in [-0.05, 0) is 0 Å². The van der Waals surface area contributed by atoms with Gasteiger partial charge in [-0.1, -0.05) is 27.7 Å². The van der Waals surface area contributed by atoms with E-state index in [0.717, 1.165) is 0 Å². The molecule has 0 bridgehead atoms. The van der Waals surface area contributed by atoms with Crippen molar-refractivity contribution in [1.29, 1.82) is 0 Å². The first-order valence-corrected chi connectivity index (χ1v) is 6.72. The molecule has 0 aromatic heterocycles. The van der Waals surface area contributed by atoms with Gasteiger partial charge in [0.25, 0.3) is 0 Å². The largest absolute Gasteiger partial charge is 0.380 e. The van der Waals surface area contributed by atoms with Crippen LogP contribution in [0.4, 0.5) is 0 Å². The van der Waals surface area contributed by atoms with Crippen molar-refractivity contribution in [2.24, 2.45) is 10.8 Å². The summed E-state index contributed by atoms with van der Waals surface area (Å²) in [7, 11) is 0. The van der Waals surface area contributed by atoms with E-state index in [9.17, 15) is 0 Å². The fourth-order valence-corrected chi connectivity index (χ4v) is 1.72. The highest BCUT2D eigenvalue weighted by atomic mass is 16.5. The van der Waals surface area contributed by atoms with Gasteiger partial charge in [0.05, 0.1) is 52.9 Å². The van der Waals surface area contributed by atoms with E-state index in [0.29, 0.717) is 52.9 Å². The second-order valence-electron chi connectivity index (χ2n) is 6.54. The van der Waals surface area contributed by atoms with Crippen molar-refractivity contribution >= 4 is 0 Å². The van der Waals surface area contributed by atoms with E-state index < -0.39 is 0 Å². The molecular formula is C14H28O4. The molecule has 0 aliphatic carbocycles. The molecule has 0 amide bonds. The van der Waals surface area contributed by atoms with Crippen LogP contribution in [0.5, 0.6) is 0 Å². The Hall–Kier alpha value is -0.160. The molecule has 1 aliphatic rings. The smallest absolute Gasteiger partial charge is 0.0701 e. The molecule has 0 unspecified atom stereocenters. The van der Waals surface area contributed by atoms with E-state index in [-0.39, 0.29) is 10.8 Å². The maximum atomic E-state index is 5.82. The topological polar surface area (TPSA) is 36.9 Å². The zero-order valence-corrected chi connectivity index (χ0v) is 12.3. The molecule has 0 aromatic carbocycles. The summed E-state index contributed by atoms with van der Waals surface area (Å²) >= 11 is 0. The SMILES string of the molecule is CC1(C)COCCOCCOCC(C)(C)COC1. The van der Waals surface area contributed by atoms with Crippen molar-refractivity contribution in [2.75, 3.05) is 52.9 Å². The summed E-state index contributed by atoms with van der Waals surface area (Å²) in [5, 5.41) is 0. The molecule has 4 heteroatoms. The summed E-state index contributed by atoms with van der Waals surface area (Å²) in [6.45, 7) is 14.0. The first-order chi connectivity index (χ1) is 8.41. The summed E-state index contributed by atoms with van der Waals surface area (Å²) in [5.41, 5.74) is 0.0854. The molecule has 4 nitrogen and oxygen atoms in total. The molecule has 1 heterocycles. The minimum absolute atomic E-state index is 0.0427. The van der Waals surface area contributed by atoms with Gasteiger partial charge in [-0.25, -0.2) is 0 Å². The van der Waals surface area contributed by atoms with E-state index in [1.54, 1.807) is 0 Å². The average molecular weight is 260 g/mol. The van der Waals surface area contributed by atoms with Crippen LogP contribution in [0.2, 0.25) is 0 Å².